The van der Waals surface area contributed by atoms with Gasteiger partial charge in [0.2, 0.25) is 0 Å². The minimum Gasteiger partial charge on any atom is -0.496 e. The van der Waals surface area contributed by atoms with E-state index in [0.717, 1.165) is 48.7 Å². The average Bonchev–Trinajstić information content (AvgIpc) is 2.67. The molecule has 0 aromatic heterocycles. The van der Waals surface area contributed by atoms with Gasteiger partial charge in [-0.25, -0.2) is 0 Å². The van der Waals surface area contributed by atoms with Gasteiger partial charge in [-0.3, -0.25) is 0 Å². The molecule has 1 fully saturated rings. The molecule has 0 aliphatic carbocycles. The second kappa shape index (κ2) is 7.14. The van der Waals surface area contributed by atoms with Gasteiger partial charge in [-0.1, -0.05) is 23.7 Å². The smallest absolute Gasteiger partial charge is 0.165 e. The van der Waals surface area contributed by atoms with Gasteiger partial charge in [-0.05, 0) is 56.1 Å². The predicted molar refractivity (Wildman–Crippen MR) is 98.2 cm³/mol. The number of hydrogen-bond acceptors (Lipinski definition) is 4. The highest BCUT2D eigenvalue weighted by molar-refractivity contribution is 6.30. The molecule has 0 bridgehead atoms. The van der Waals surface area contributed by atoms with Crippen molar-refractivity contribution in [3.63, 3.8) is 0 Å². The fourth-order valence-electron chi connectivity index (χ4n) is 3.67. The van der Waals surface area contributed by atoms with E-state index in [1.165, 1.54) is 5.56 Å². The second-order valence-corrected chi connectivity index (χ2v) is 6.94. The summed E-state index contributed by atoms with van der Waals surface area (Å²) in [5.41, 5.74) is 2.20. The first kappa shape index (κ1) is 16.6. The lowest BCUT2D eigenvalue weighted by molar-refractivity contribution is 0.0871. The molecular formula is C20H22ClNO3. The molecule has 2 aliphatic heterocycles. The summed E-state index contributed by atoms with van der Waals surface area (Å²) in [7, 11) is 1.65. The maximum Gasteiger partial charge on any atom is 0.165 e. The first-order valence-electron chi connectivity index (χ1n) is 8.73. The zero-order valence-corrected chi connectivity index (χ0v) is 15.0. The summed E-state index contributed by atoms with van der Waals surface area (Å²) in [6, 6.07) is 11.8. The predicted octanol–water partition coefficient (Wildman–Crippen LogP) is 4.33. The molecule has 1 unspecified atom stereocenters. The Morgan fingerprint density at radius 2 is 1.96 bits per heavy atom. The lowest BCUT2D eigenvalue weighted by atomic mass is 9.89. The van der Waals surface area contributed by atoms with Crippen LogP contribution >= 0.6 is 11.6 Å². The van der Waals surface area contributed by atoms with Crippen LogP contribution in [0.2, 0.25) is 5.02 Å². The van der Waals surface area contributed by atoms with Gasteiger partial charge in [-0.15, -0.1) is 0 Å². The van der Waals surface area contributed by atoms with Gasteiger partial charge in [0.15, 0.2) is 17.6 Å². The van der Waals surface area contributed by atoms with E-state index >= 15 is 0 Å². The number of fused-ring (bicyclic) bond motifs is 1. The van der Waals surface area contributed by atoms with Crippen molar-refractivity contribution in [2.24, 2.45) is 0 Å². The molecule has 0 saturated carbocycles. The minimum absolute atomic E-state index is 0.206. The number of benzene rings is 2. The molecule has 4 nitrogen and oxygen atoms in total. The number of halogens is 1. The highest BCUT2D eigenvalue weighted by atomic mass is 35.5. The highest BCUT2D eigenvalue weighted by Crippen LogP contribution is 2.45. The quantitative estimate of drug-likeness (QED) is 0.885. The molecule has 1 N–H and O–H groups in total. The Bertz CT molecular complexity index is 759. The monoisotopic (exact) mass is 359 g/mol. The number of rotatable bonds is 3. The molecule has 1 atom stereocenters. The SMILES string of the molecule is COc1cc(Cl)ccc1C1COc2cccc(C3CCNCC3)c2O1. The Morgan fingerprint density at radius 3 is 2.76 bits per heavy atom. The third-order valence-electron chi connectivity index (χ3n) is 4.98. The molecule has 0 radical (unpaired) electrons. The van der Waals surface area contributed by atoms with Crippen molar-refractivity contribution in [1.82, 2.24) is 5.32 Å². The lowest BCUT2D eigenvalue weighted by Gasteiger charge is -2.32. The van der Waals surface area contributed by atoms with Crippen LogP contribution in [0.5, 0.6) is 17.2 Å². The molecule has 2 heterocycles. The van der Waals surface area contributed by atoms with Gasteiger partial charge in [0.05, 0.1) is 7.11 Å². The molecule has 1 saturated heterocycles. The molecule has 0 amide bonds. The van der Waals surface area contributed by atoms with Crippen molar-refractivity contribution in [3.05, 3.63) is 52.5 Å². The Morgan fingerprint density at radius 1 is 1.12 bits per heavy atom. The molecular weight excluding hydrogens is 338 g/mol. The van der Waals surface area contributed by atoms with Crippen LogP contribution < -0.4 is 19.5 Å². The summed E-state index contributed by atoms with van der Waals surface area (Å²) < 4.78 is 17.9. The summed E-state index contributed by atoms with van der Waals surface area (Å²) in [6.07, 6.45) is 2.03. The number of nitrogens with one attached hydrogen (secondary N) is 1. The minimum atomic E-state index is -0.206. The highest BCUT2D eigenvalue weighted by Gasteiger charge is 2.29. The normalized spacial score (nSPS) is 20.3. The first-order chi connectivity index (χ1) is 12.3. The van der Waals surface area contributed by atoms with Crippen molar-refractivity contribution in [2.45, 2.75) is 24.9 Å². The fourth-order valence-corrected chi connectivity index (χ4v) is 3.84. The molecule has 5 heteroatoms. The Kier molecular flexibility index (Phi) is 4.73. The van der Waals surface area contributed by atoms with Crippen molar-refractivity contribution in [2.75, 3.05) is 26.8 Å². The third kappa shape index (κ3) is 3.29. The lowest BCUT2D eigenvalue weighted by Crippen LogP contribution is -2.28. The average molecular weight is 360 g/mol. The van der Waals surface area contributed by atoms with Gasteiger partial charge in [0.1, 0.15) is 12.4 Å². The van der Waals surface area contributed by atoms with Crippen LogP contribution in [0.3, 0.4) is 0 Å². The number of hydrogen-bond donors (Lipinski definition) is 1. The zero-order valence-electron chi connectivity index (χ0n) is 14.3. The summed E-state index contributed by atoms with van der Waals surface area (Å²) in [4.78, 5) is 0. The van der Waals surface area contributed by atoms with Crippen molar-refractivity contribution in [3.8, 4) is 17.2 Å². The van der Waals surface area contributed by atoms with E-state index < -0.39 is 0 Å². The number of methoxy groups -OCH3 is 1. The van der Waals surface area contributed by atoms with Gasteiger partial charge < -0.3 is 19.5 Å². The fraction of sp³-hybridized carbons (Fsp3) is 0.400. The maximum absolute atomic E-state index is 6.42. The Hall–Kier alpha value is -1.91. The van der Waals surface area contributed by atoms with Crippen LogP contribution in [0.4, 0.5) is 0 Å². The van der Waals surface area contributed by atoms with Gasteiger partial charge in [0, 0.05) is 16.1 Å². The van der Waals surface area contributed by atoms with Crippen LogP contribution in [-0.2, 0) is 0 Å². The second-order valence-electron chi connectivity index (χ2n) is 6.50. The topological polar surface area (TPSA) is 39.7 Å². The number of ether oxygens (including phenoxy) is 3. The molecule has 25 heavy (non-hydrogen) atoms. The van der Waals surface area contributed by atoms with E-state index in [1.807, 2.05) is 24.3 Å². The molecule has 0 spiro atoms. The standard InChI is InChI=1S/C20H22ClNO3/c1-23-18-11-14(21)5-6-16(18)19-12-24-17-4-2-3-15(20(17)25-19)13-7-9-22-10-8-13/h2-6,11,13,19,22H,7-10,12H2,1H3. The molecule has 2 aromatic carbocycles. The van der Waals surface area contributed by atoms with Crippen molar-refractivity contribution >= 4 is 11.6 Å². The van der Waals surface area contributed by atoms with E-state index in [-0.39, 0.29) is 6.10 Å². The largest absolute Gasteiger partial charge is 0.496 e. The van der Waals surface area contributed by atoms with E-state index in [1.54, 1.807) is 7.11 Å². The van der Waals surface area contributed by atoms with Crippen molar-refractivity contribution in [1.29, 1.82) is 0 Å². The third-order valence-corrected chi connectivity index (χ3v) is 5.22. The zero-order chi connectivity index (χ0) is 17.2. The van der Waals surface area contributed by atoms with E-state index in [4.69, 9.17) is 25.8 Å². The van der Waals surface area contributed by atoms with Crippen LogP contribution in [0, 0.1) is 0 Å². The van der Waals surface area contributed by atoms with Crippen molar-refractivity contribution < 1.29 is 14.2 Å². The summed E-state index contributed by atoms with van der Waals surface area (Å²) in [5.74, 6) is 2.94. The molecule has 4 rings (SSSR count). The molecule has 2 aliphatic rings. The summed E-state index contributed by atoms with van der Waals surface area (Å²) in [6.45, 7) is 2.55. The van der Waals surface area contributed by atoms with Gasteiger partial charge in [-0.2, -0.15) is 0 Å². The summed E-state index contributed by atoms with van der Waals surface area (Å²) in [5, 5.41) is 4.06. The van der Waals surface area contributed by atoms with Gasteiger partial charge in [0.25, 0.3) is 0 Å². The van der Waals surface area contributed by atoms with Crippen LogP contribution in [0.15, 0.2) is 36.4 Å². The van der Waals surface area contributed by atoms with E-state index in [9.17, 15) is 0 Å². The van der Waals surface area contributed by atoms with Crippen LogP contribution in [0.1, 0.15) is 36.0 Å². The Balaban J connectivity index is 1.66. The van der Waals surface area contributed by atoms with E-state index in [2.05, 4.69) is 17.4 Å². The Labute approximate surface area is 153 Å². The van der Waals surface area contributed by atoms with Crippen LogP contribution in [-0.4, -0.2) is 26.8 Å². The maximum atomic E-state index is 6.42. The number of para-hydroxylation sites is 1. The number of piperidine rings is 1. The first-order valence-corrected chi connectivity index (χ1v) is 9.10. The van der Waals surface area contributed by atoms with Crippen LogP contribution in [0.25, 0.3) is 0 Å². The van der Waals surface area contributed by atoms with E-state index in [0.29, 0.717) is 17.5 Å². The molecule has 2 aromatic rings. The molecule has 132 valence electrons. The summed E-state index contributed by atoms with van der Waals surface area (Å²) >= 11 is 6.08. The van der Waals surface area contributed by atoms with Gasteiger partial charge >= 0.3 is 0 Å².